The predicted molar refractivity (Wildman–Crippen MR) is 60.4 cm³/mol. The second-order valence-electron chi connectivity index (χ2n) is 2.65. The van der Waals surface area contributed by atoms with Crippen LogP contribution in [0.3, 0.4) is 0 Å². The third kappa shape index (κ3) is 3.87. The van der Waals surface area contributed by atoms with Gasteiger partial charge in [-0.1, -0.05) is 0 Å². The number of nitrogens with zero attached hydrogens (tertiary/aromatic N) is 1. The molecule has 1 heterocycles. The number of carbonyl (C=O) groups is 1. The number of hydrogen-bond acceptors (Lipinski definition) is 4. The van der Waals surface area contributed by atoms with Crippen LogP contribution in [0.1, 0.15) is 10.4 Å². The third-order valence-corrected chi connectivity index (χ3v) is 2.29. The largest absolute Gasteiger partial charge is 0.574 e. The number of alkyl halides is 3. The van der Waals surface area contributed by atoms with E-state index in [1.807, 2.05) is 0 Å². The van der Waals surface area contributed by atoms with Gasteiger partial charge in [0.15, 0.2) is 0 Å². The molecule has 17 heavy (non-hydrogen) atoms. The van der Waals surface area contributed by atoms with Crippen LogP contribution in [-0.4, -0.2) is 23.7 Å². The Morgan fingerprint density at radius 3 is 2.53 bits per heavy atom. The first-order chi connectivity index (χ1) is 7.74. The van der Waals surface area contributed by atoms with Gasteiger partial charge in [0.1, 0.15) is 15.0 Å². The van der Waals surface area contributed by atoms with E-state index in [2.05, 4.69) is 9.72 Å². The lowest BCUT2D eigenvalue weighted by atomic mass is 10.2. The highest BCUT2D eigenvalue weighted by Crippen LogP contribution is 2.33. The average molecular weight is 381 g/mol. The first-order valence-electron chi connectivity index (χ1n) is 3.94. The van der Waals surface area contributed by atoms with Gasteiger partial charge in [-0.15, -0.1) is 13.2 Å². The zero-order valence-electron chi connectivity index (χ0n) is 8.14. The van der Waals surface area contributed by atoms with Gasteiger partial charge in [-0.05, 0) is 34.2 Å². The van der Waals surface area contributed by atoms with Gasteiger partial charge >= 0.3 is 6.36 Å². The van der Waals surface area contributed by atoms with Crippen LogP contribution in [0.5, 0.6) is 11.6 Å². The molecule has 1 aromatic heterocycles. The number of pyridine rings is 1. The van der Waals surface area contributed by atoms with Crippen molar-refractivity contribution < 1.29 is 27.4 Å². The summed E-state index contributed by atoms with van der Waals surface area (Å²) in [6, 6.07) is 1.26. The van der Waals surface area contributed by atoms with Crippen molar-refractivity contribution in [1.29, 1.82) is 0 Å². The quantitative estimate of drug-likeness (QED) is 0.459. The molecule has 0 radical (unpaired) electrons. The standard InChI is InChI=1S/C8H4ClF3INO3/c1-16-3-2-4(13)14-7(5(3)6(9)15)17-8(10,11)12/h2H,1H3. The number of carbonyl (C=O) groups excluding carboxylic acids is 1. The molecule has 9 heteroatoms. The minimum Gasteiger partial charge on any atom is -0.496 e. The van der Waals surface area contributed by atoms with Gasteiger partial charge in [-0.25, -0.2) is 4.98 Å². The number of aromatic nitrogens is 1. The third-order valence-electron chi connectivity index (χ3n) is 1.55. The molecule has 0 atom stereocenters. The maximum Gasteiger partial charge on any atom is 0.574 e. The van der Waals surface area contributed by atoms with Crippen molar-refractivity contribution in [3.8, 4) is 11.6 Å². The Hall–Kier alpha value is -0.770. The lowest BCUT2D eigenvalue weighted by Crippen LogP contribution is -2.20. The van der Waals surface area contributed by atoms with Crippen molar-refractivity contribution >= 4 is 39.4 Å². The summed E-state index contributed by atoms with van der Waals surface area (Å²) in [6.45, 7) is 0. The van der Waals surface area contributed by atoms with Crippen LogP contribution in [0.25, 0.3) is 0 Å². The summed E-state index contributed by atoms with van der Waals surface area (Å²) in [5, 5.41) is -1.15. The van der Waals surface area contributed by atoms with Gasteiger partial charge in [0.05, 0.1) is 7.11 Å². The van der Waals surface area contributed by atoms with Gasteiger partial charge in [0, 0.05) is 6.07 Å². The summed E-state index contributed by atoms with van der Waals surface area (Å²) >= 11 is 6.82. The highest BCUT2D eigenvalue weighted by molar-refractivity contribution is 14.1. The van der Waals surface area contributed by atoms with Crippen molar-refractivity contribution in [2.75, 3.05) is 7.11 Å². The topological polar surface area (TPSA) is 48.4 Å². The number of halogens is 5. The molecule has 1 rings (SSSR count). The molecule has 0 aromatic carbocycles. The number of methoxy groups -OCH3 is 1. The molecule has 0 aliphatic rings. The first kappa shape index (κ1) is 14.3. The molecule has 4 nitrogen and oxygen atoms in total. The minimum absolute atomic E-state index is 0.136. The summed E-state index contributed by atoms with van der Waals surface area (Å²) in [5.41, 5.74) is -0.563. The number of hydrogen-bond donors (Lipinski definition) is 0. The van der Waals surface area contributed by atoms with Crippen LogP contribution in [0, 0.1) is 3.70 Å². The summed E-state index contributed by atoms with van der Waals surface area (Å²) in [6.07, 6.45) is -4.97. The molecule has 0 fully saturated rings. The first-order valence-corrected chi connectivity index (χ1v) is 5.40. The molecule has 0 bridgehead atoms. The maximum atomic E-state index is 12.1. The summed E-state index contributed by atoms with van der Waals surface area (Å²) in [5.74, 6) is -1.06. The van der Waals surface area contributed by atoms with E-state index in [-0.39, 0.29) is 9.45 Å². The number of ether oxygens (including phenoxy) is 2. The van der Waals surface area contributed by atoms with Crippen LogP contribution in [0.2, 0.25) is 0 Å². The molecule has 0 unspecified atom stereocenters. The van der Waals surface area contributed by atoms with Gasteiger partial charge in [-0.3, -0.25) is 4.79 Å². The Balaban J connectivity index is 3.35. The van der Waals surface area contributed by atoms with E-state index in [0.29, 0.717) is 0 Å². The van der Waals surface area contributed by atoms with Gasteiger partial charge in [0.2, 0.25) is 5.88 Å². The van der Waals surface area contributed by atoms with Crippen LogP contribution in [0.15, 0.2) is 6.07 Å². The zero-order valence-corrected chi connectivity index (χ0v) is 11.1. The lowest BCUT2D eigenvalue weighted by molar-refractivity contribution is -0.276. The Labute approximate surface area is 112 Å². The molecule has 0 spiro atoms. The van der Waals surface area contributed by atoms with Crippen LogP contribution in [-0.2, 0) is 0 Å². The fourth-order valence-corrected chi connectivity index (χ4v) is 1.67. The second kappa shape index (κ2) is 5.25. The average Bonchev–Trinajstić information content (AvgIpc) is 2.12. The molecule has 0 amide bonds. The van der Waals surface area contributed by atoms with E-state index < -0.39 is 23.0 Å². The Bertz CT molecular complexity index is 452. The molecule has 1 aromatic rings. The molecule has 0 aliphatic carbocycles. The summed E-state index contributed by atoms with van der Waals surface area (Å²) in [7, 11) is 1.19. The molecule has 0 saturated heterocycles. The molecule has 0 aliphatic heterocycles. The van der Waals surface area contributed by atoms with Gasteiger partial charge in [0.25, 0.3) is 5.24 Å². The zero-order chi connectivity index (χ0) is 13.2. The smallest absolute Gasteiger partial charge is 0.496 e. The predicted octanol–water partition coefficient (Wildman–Crippen LogP) is 2.97. The molecular weight excluding hydrogens is 377 g/mol. The highest BCUT2D eigenvalue weighted by atomic mass is 127. The van der Waals surface area contributed by atoms with Crippen molar-refractivity contribution in [2.24, 2.45) is 0 Å². The fraction of sp³-hybridized carbons (Fsp3) is 0.250. The number of rotatable bonds is 3. The molecule has 94 valence electrons. The molecule has 0 saturated carbocycles. The van der Waals surface area contributed by atoms with Crippen LogP contribution in [0.4, 0.5) is 13.2 Å². The fourth-order valence-electron chi connectivity index (χ4n) is 0.996. The summed E-state index contributed by atoms with van der Waals surface area (Å²) in [4.78, 5) is 14.5. The second-order valence-corrected chi connectivity index (χ2v) is 4.10. The maximum absolute atomic E-state index is 12.1. The van der Waals surface area contributed by atoms with Crippen molar-refractivity contribution in [2.45, 2.75) is 6.36 Å². The monoisotopic (exact) mass is 381 g/mol. The van der Waals surface area contributed by atoms with Crippen molar-refractivity contribution in [3.05, 3.63) is 15.3 Å². The summed E-state index contributed by atoms with van der Waals surface area (Å²) < 4.78 is 44.8. The van der Waals surface area contributed by atoms with Crippen molar-refractivity contribution in [3.63, 3.8) is 0 Å². The SMILES string of the molecule is COc1cc(I)nc(OC(F)(F)F)c1C(=O)Cl. The van der Waals surface area contributed by atoms with E-state index >= 15 is 0 Å². The van der Waals surface area contributed by atoms with Crippen LogP contribution >= 0.6 is 34.2 Å². The molecule has 0 N–H and O–H groups in total. The van der Waals surface area contributed by atoms with Crippen LogP contribution < -0.4 is 9.47 Å². The molecular formula is C8H4ClF3INO3. The lowest BCUT2D eigenvalue weighted by Gasteiger charge is -2.13. The Morgan fingerprint density at radius 1 is 1.53 bits per heavy atom. The highest BCUT2D eigenvalue weighted by Gasteiger charge is 2.35. The normalized spacial score (nSPS) is 11.2. The van der Waals surface area contributed by atoms with Gasteiger partial charge in [-0.2, -0.15) is 0 Å². The minimum atomic E-state index is -4.97. The van der Waals surface area contributed by atoms with E-state index in [9.17, 15) is 18.0 Å². The van der Waals surface area contributed by atoms with E-state index in [0.717, 1.165) is 0 Å². The van der Waals surface area contributed by atoms with E-state index in [1.54, 1.807) is 22.6 Å². The van der Waals surface area contributed by atoms with Crippen molar-refractivity contribution in [1.82, 2.24) is 4.98 Å². The Kier molecular flexibility index (Phi) is 4.42. The van der Waals surface area contributed by atoms with Gasteiger partial charge < -0.3 is 9.47 Å². The Morgan fingerprint density at radius 2 is 2.12 bits per heavy atom. The van der Waals surface area contributed by atoms with E-state index in [4.69, 9.17) is 16.3 Å². The van der Waals surface area contributed by atoms with E-state index in [1.165, 1.54) is 13.2 Å².